The Morgan fingerprint density at radius 2 is 1.46 bits per heavy atom. The number of unbranched alkanes of at least 4 members (excludes halogenated alkanes) is 3. The maximum absolute atomic E-state index is 13.8. The third-order valence-electron chi connectivity index (χ3n) is 7.63. The van der Waals surface area contributed by atoms with Crippen molar-refractivity contribution in [1.82, 2.24) is 14.8 Å². The Morgan fingerprint density at radius 3 is 2.20 bits per heavy atom. The Balaban J connectivity index is 1.49. The molecule has 0 aliphatic carbocycles. The van der Waals surface area contributed by atoms with Gasteiger partial charge in [-0.3, -0.25) is 9.59 Å². The number of amides is 2. The maximum atomic E-state index is 13.8. The lowest BCUT2D eigenvalue weighted by molar-refractivity contribution is -0.132. The molecular weight excluding hydrogens is 513 g/mol. The average Bonchev–Trinajstić information content (AvgIpc) is 3.41. The number of hydrogen-bond donors (Lipinski definition) is 1. The second-order valence-corrected chi connectivity index (χ2v) is 10.8. The molecular formula is C35H42FN3O2. The molecule has 0 unspecified atom stereocenters. The summed E-state index contributed by atoms with van der Waals surface area (Å²) in [5.41, 5.74) is 4.89. The highest BCUT2D eigenvalue weighted by molar-refractivity contribution is 5.96. The van der Waals surface area contributed by atoms with Gasteiger partial charge in [-0.05, 0) is 72.7 Å². The van der Waals surface area contributed by atoms with Crippen LogP contribution in [0.2, 0.25) is 0 Å². The van der Waals surface area contributed by atoms with E-state index in [1.54, 1.807) is 21.9 Å². The molecule has 6 heteroatoms. The minimum absolute atomic E-state index is 0.00612. The number of benzene rings is 3. The molecule has 0 radical (unpaired) electrons. The number of aryl methyl sites for hydroxylation is 1. The summed E-state index contributed by atoms with van der Waals surface area (Å²) in [6, 6.07) is 22.2. The van der Waals surface area contributed by atoms with E-state index in [-0.39, 0.29) is 24.2 Å². The van der Waals surface area contributed by atoms with Crippen molar-refractivity contribution in [3.63, 3.8) is 0 Å². The van der Waals surface area contributed by atoms with Gasteiger partial charge in [0.05, 0.1) is 0 Å². The molecule has 4 rings (SSSR count). The number of fused-ring (bicyclic) bond motifs is 1. The number of halogens is 1. The van der Waals surface area contributed by atoms with E-state index in [0.717, 1.165) is 47.7 Å². The van der Waals surface area contributed by atoms with E-state index in [2.05, 4.69) is 24.9 Å². The van der Waals surface area contributed by atoms with Gasteiger partial charge in [-0.25, -0.2) is 4.39 Å². The lowest BCUT2D eigenvalue weighted by Crippen LogP contribution is -2.43. The summed E-state index contributed by atoms with van der Waals surface area (Å²) >= 11 is 0. The highest BCUT2D eigenvalue weighted by Gasteiger charge is 2.23. The summed E-state index contributed by atoms with van der Waals surface area (Å²) in [6.45, 7) is 5.64. The standard InChI is InChI=1S/C35H42FN3O2/c1-3-5-7-10-27-13-17-29(18-14-27)35(41)39(22-6-4-2)26-34(40)38(25-28-15-19-31(36)20-16-28)23-21-30-24-37-33-12-9-8-11-32(30)33/h8-9,11-20,24,37H,3-7,10,21-23,25-26H2,1-2H3. The van der Waals surface area contributed by atoms with Gasteiger partial charge in [-0.1, -0.05) is 75.6 Å². The molecule has 1 N–H and O–H groups in total. The smallest absolute Gasteiger partial charge is 0.254 e. The molecule has 216 valence electrons. The summed E-state index contributed by atoms with van der Waals surface area (Å²) in [5, 5.41) is 1.14. The van der Waals surface area contributed by atoms with E-state index >= 15 is 0 Å². The van der Waals surface area contributed by atoms with E-state index in [1.165, 1.54) is 30.5 Å². The second-order valence-electron chi connectivity index (χ2n) is 10.8. The first-order valence-corrected chi connectivity index (χ1v) is 14.9. The molecule has 0 aliphatic rings. The third-order valence-corrected chi connectivity index (χ3v) is 7.63. The zero-order chi connectivity index (χ0) is 29.0. The van der Waals surface area contributed by atoms with Gasteiger partial charge in [-0.2, -0.15) is 0 Å². The van der Waals surface area contributed by atoms with Crippen molar-refractivity contribution < 1.29 is 14.0 Å². The summed E-state index contributed by atoms with van der Waals surface area (Å²) in [7, 11) is 0. The molecule has 41 heavy (non-hydrogen) atoms. The van der Waals surface area contributed by atoms with E-state index in [1.807, 2.05) is 48.7 Å². The molecule has 4 aromatic rings. The van der Waals surface area contributed by atoms with E-state index in [9.17, 15) is 14.0 Å². The van der Waals surface area contributed by atoms with Gasteiger partial charge in [0.25, 0.3) is 5.91 Å². The quantitative estimate of drug-likeness (QED) is 0.154. The van der Waals surface area contributed by atoms with Crippen molar-refractivity contribution in [2.24, 2.45) is 0 Å². The molecule has 3 aromatic carbocycles. The fourth-order valence-corrected chi connectivity index (χ4v) is 5.14. The minimum Gasteiger partial charge on any atom is -0.361 e. The zero-order valence-electron chi connectivity index (χ0n) is 24.4. The highest BCUT2D eigenvalue weighted by atomic mass is 19.1. The first kappa shape index (κ1) is 30.0. The number of para-hydroxylation sites is 1. The number of carbonyl (C=O) groups excluding carboxylic acids is 2. The van der Waals surface area contributed by atoms with Crippen molar-refractivity contribution in [2.45, 2.75) is 65.3 Å². The molecule has 0 aliphatic heterocycles. The molecule has 0 fully saturated rings. The van der Waals surface area contributed by atoms with Gasteiger partial charge < -0.3 is 14.8 Å². The molecule has 0 saturated carbocycles. The summed E-state index contributed by atoms with van der Waals surface area (Å²) in [4.78, 5) is 34.2. The Kier molecular flexibility index (Phi) is 11.1. The van der Waals surface area contributed by atoms with E-state index < -0.39 is 0 Å². The third kappa shape index (κ3) is 8.53. The van der Waals surface area contributed by atoms with Crippen LogP contribution in [0.4, 0.5) is 4.39 Å². The summed E-state index contributed by atoms with van der Waals surface area (Å²) in [5.74, 6) is -0.543. The fourth-order valence-electron chi connectivity index (χ4n) is 5.14. The van der Waals surface area contributed by atoms with Gasteiger partial charge in [0, 0.05) is 42.3 Å². The van der Waals surface area contributed by atoms with Crippen LogP contribution in [-0.4, -0.2) is 46.2 Å². The number of aromatic amines is 1. The van der Waals surface area contributed by atoms with E-state index in [4.69, 9.17) is 0 Å². The molecule has 0 spiro atoms. The topological polar surface area (TPSA) is 56.4 Å². The van der Waals surface area contributed by atoms with E-state index in [0.29, 0.717) is 31.6 Å². The lowest BCUT2D eigenvalue weighted by atomic mass is 10.0. The monoisotopic (exact) mass is 555 g/mol. The molecule has 2 amide bonds. The summed E-state index contributed by atoms with van der Waals surface area (Å²) < 4.78 is 13.6. The molecule has 5 nitrogen and oxygen atoms in total. The van der Waals surface area contributed by atoms with Crippen molar-refractivity contribution >= 4 is 22.7 Å². The van der Waals surface area contributed by atoms with Gasteiger partial charge in [0.1, 0.15) is 12.4 Å². The van der Waals surface area contributed by atoms with Gasteiger partial charge in [-0.15, -0.1) is 0 Å². The highest BCUT2D eigenvalue weighted by Crippen LogP contribution is 2.19. The maximum Gasteiger partial charge on any atom is 0.254 e. The van der Waals surface area contributed by atoms with Crippen molar-refractivity contribution in [3.05, 3.63) is 107 Å². The number of carbonyl (C=O) groups is 2. The average molecular weight is 556 g/mol. The Bertz CT molecular complexity index is 1400. The predicted octanol–water partition coefficient (Wildman–Crippen LogP) is 7.55. The SMILES string of the molecule is CCCCCc1ccc(C(=O)N(CCCC)CC(=O)N(CCc2c[nH]c3ccccc23)Cc2ccc(F)cc2)cc1. The molecule has 0 atom stereocenters. The van der Waals surface area contributed by atoms with Crippen LogP contribution in [-0.2, 0) is 24.2 Å². The zero-order valence-corrected chi connectivity index (χ0v) is 24.4. The van der Waals surface area contributed by atoms with Crippen molar-refractivity contribution in [2.75, 3.05) is 19.6 Å². The van der Waals surface area contributed by atoms with Crippen LogP contribution in [0.1, 0.15) is 73.0 Å². The Morgan fingerprint density at radius 1 is 0.756 bits per heavy atom. The Hall–Kier alpha value is -3.93. The fraction of sp³-hybridized carbons (Fsp3) is 0.371. The largest absolute Gasteiger partial charge is 0.361 e. The van der Waals surface area contributed by atoms with Crippen LogP contribution in [0.5, 0.6) is 0 Å². The lowest BCUT2D eigenvalue weighted by Gasteiger charge is -2.28. The molecule has 1 aromatic heterocycles. The first-order chi connectivity index (χ1) is 20.0. The van der Waals surface area contributed by atoms with Crippen molar-refractivity contribution in [1.29, 1.82) is 0 Å². The second kappa shape index (κ2) is 15.2. The van der Waals surface area contributed by atoms with Gasteiger partial charge in [0.2, 0.25) is 5.91 Å². The van der Waals surface area contributed by atoms with Crippen LogP contribution >= 0.6 is 0 Å². The molecule has 1 heterocycles. The molecule has 0 saturated heterocycles. The van der Waals surface area contributed by atoms with Crippen molar-refractivity contribution in [3.8, 4) is 0 Å². The minimum atomic E-state index is -0.307. The predicted molar refractivity (Wildman–Crippen MR) is 164 cm³/mol. The van der Waals surface area contributed by atoms with Crippen LogP contribution in [0, 0.1) is 5.82 Å². The number of hydrogen-bond acceptors (Lipinski definition) is 2. The number of rotatable bonds is 15. The first-order valence-electron chi connectivity index (χ1n) is 14.9. The molecule has 0 bridgehead atoms. The van der Waals surface area contributed by atoms with Crippen LogP contribution in [0.3, 0.4) is 0 Å². The van der Waals surface area contributed by atoms with Gasteiger partial charge >= 0.3 is 0 Å². The number of nitrogens with zero attached hydrogens (tertiary/aromatic N) is 2. The number of aromatic nitrogens is 1. The normalized spacial score (nSPS) is 11.1. The summed E-state index contributed by atoms with van der Waals surface area (Å²) in [6.07, 6.45) is 8.93. The van der Waals surface area contributed by atoms with Crippen LogP contribution in [0.25, 0.3) is 10.9 Å². The Labute approximate surface area is 243 Å². The van der Waals surface area contributed by atoms with Crippen LogP contribution in [0.15, 0.2) is 79.0 Å². The number of nitrogens with one attached hydrogen (secondary N) is 1. The van der Waals surface area contributed by atoms with Crippen LogP contribution < -0.4 is 0 Å². The number of H-pyrrole nitrogens is 1. The van der Waals surface area contributed by atoms with Gasteiger partial charge in [0.15, 0.2) is 0 Å².